The third-order valence-electron chi connectivity index (χ3n) is 6.02. The molecule has 0 N–H and O–H groups in total. The summed E-state index contributed by atoms with van der Waals surface area (Å²) in [7, 11) is -3.85. The lowest BCUT2D eigenvalue weighted by atomic mass is 10.2. The molecule has 0 unspecified atom stereocenters. The fourth-order valence-electron chi connectivity index (χ4n) is 3.98. The molecule has 0 saturated carbocycles. The molecule has 0 saturated heterocycles. The van der Waals surface area contributed by atoms with Gasteiger partial charge in [0.1, 0.15) is 11.6 Å². The highest BCUT2D eigenvalue weighted by Crippen LogP contribution is 2.31. The number of hydrazone groups is 1. The van der Waals surface area contributed by atoms with Crippen molar-refractivity contribution in [2.75, 3.05) is 5.01 Å². The molecule has 2 heterocycles. The van der Waals surface area contributed by atoms with Gasteiger partial charge in [0, 0.05) is 18.2 Å². The summed E-state index contributed by atoms with van der Waals surface area (Å²) in [5.41, 5.74) is 1.58. The molecule has 11 heteroatoms. The zero-order valence-electron chi connectivity index (χ0n) is 21.6. The van der Waals surface area contributed by atoms with Crippen molar-refractivity contribution in [1.82, 2.24) is 9.29 Å². The highest BCUT2D eigenvalue weighted by Gasteiger charge is 2.28. The SMILES string of the molecule is CC(C)N(Cc1ccccc1)S(=O)(=O)c1ccc(C(=O)N(/N=C/c2ccco2)c2nc3ccc(F)cc3s2)cc1. The maximum Gasteiger partial charge on any atom is 0.280 e. The van der Waals surface area contributed by atoms with Crippen LogP contribution in [0.4, 0.5) is 9.52 Å². The number of halogens is 1. The minimum Gasteiger partial charge on any atom is -0.463 e. The van der Waals surface area contributed by atoms with Gasteiger partial charge in [-0.2, -0.15) is 14.4 Å². The molecule has 1 amide bonds. The number of anilines is 1. The number of fused-ring (bicyclic) bond motifs is 1. The summed E-state index contributed by atoms with van der Waals surface area (Å²) in [6, 6.07) is 22.3. The lowest BCUT2D eigenvalue weighted by Crippen LogP contribution is -2.36. The van der Waals surface area contributed by atoms with Crippen LogP contribution in [-0.2, 0) is 16.6 Å². The zero-order chi connectivity index (χ0) is 28.3. The third-order valence-corrected chi connectivity index (χ3v) is 9.05. The molecule has 3 aromatic carbocycles. The van der Waals surface area contributed by atoms with E-state index in [9.17, 15) is 17.6 Å². The van der Waals surface area contributed by atoms with Crippen LogP contribution < -0.4 is 5.01 Å². The molecule has 0 atom stereocenters. The molecule has 8 nitrogen and oxygen atoms in total. The highest BCUT2D eigenvalue weighted by atomic mass is 32.2. The number of carbonyl (C=O) groups is 1. The first-order valence-corrected chi connectivity index (χ1v) is 14.6. The summed E-state index contributed by atoms with van der Waals surface area (Å²) in [5, 5.41) is 5.60. The Labute approximate surface area is 235 Å². The molecule has 2 aromatic heterocycles. The number of nitrogens with zero attached hydrogens (tertiary/aromatic N) is 4. The number of hydrogen-bond donors (Lipinski definition) is 0. The van der Waals surface area contributed by atoms with E-state index in [4.69, 9.17) is 4.42 Å². The molecule has 0 aliphatic carbocycles. The topological polar surface area (TPSA) is 96.1 Å². The van der Waals surface area contributed by atoms with E-state index in [0.717, 1.165) is 21.9 Å². The average Bonchev–Trinajstić information content (AvgIpc) is 3.62. The summed E-state index contributed by atoms with van der Waals surface area (Å²) in [4.78, 5) is 18.1. The molecule has 204 valence electrons. The number of sulfonamides is 1. The van der Waals surface area contributed by atoms with Crippen molar-refractivity contribution in [1.29, 1.82) is 0 Å². The van der Waals surface area contributed by atoms with E-state index in [1.54, 1.807) is 12.1 Å². The fourth-order valence-corrected chi connectivity index (χ4v) is 6.55. The summed E-state index contributed by atoms with van der Waals surface area (Å²) < 4.78 is 48.1. The van der Waals surface area contributed by atoms with Gasteiger partial charge in [0.05, 0.1) is 27.6 Å². The average molecular weight is 577 g/mol. The van der Waals surface area contributed by atoms with Crippen LogP contribution in [0.1, 0.15) is 35.5 Å². The Bertz CT molecular complexity index is 1750. The Balaban J connectivity index is 1.45. The van der Waals surface area contributed by atoms with E-state index < -0.39 is 21.7 Å². The number of hydrogen-bond acceptors (Lipinski definition) is 7. The summed E-state index contributed by atoms with van der Waals surface area (Å²) in [5.74, 6) is -0.547. The predicted octanol–water partition coefficient (Wildman–Crippen LogP) is 6.31. The van der Waals surface area contributed by atoms with Crippen LogP contribution in [0.25, 0.3) is 10.2 Å². The first-order chi connectivity index (χ1) is 19.2. The van der Waals surface area contributed by atoms with Crippen LogP contribution in [0.5, 0.6) is 0 Å². The van der Waals surface area contributed by atoms with Crippen LogP contribution >= 0.6 is 11.3 Å². The van der Waals surface area contributed by atoms with Gasteiger partial charge in [-0.1, -0.05) is 41.7 Å². The van der Waals surface area contributed by atoms with Gasteiger partial charge in [-0.25, -0.2) is 17.8 Å². The number of benzene rings is 3. The Kier molecular flexibility index (Phi) is 7.88. The molecular weight excluding hydrogens is 551 g/mol. The smallest absolute Gasteiger partial charge is 0.280 e. The van der Waals surface area contributed by atoms with Crippen LogP contribution in [0.15, 0.2) is 106 Å². The van der Waals surface area contributed by atoms with Crippen LogP contribution in [0.2, 0.25) is 0 Å². The maximum atomic E-state index is 13.8. The second kappa shape index (κ2) is 11.5. The summed E-state index contributed by atoms with van der Waals surface area (Å²) >= 11 is 1.10. The molecular formula is C29H25FN4O4S2. The van der Waals surface area contributed by atoms with Crippen molar-refractivity contribution in [2.24, 2.45) is 5.10 Å². The minimum absolute atomic E-state index is 0.0646. The second-order valence-corrected chi connectivity index (χ2v) is 12.0. The van der Waals surface area contributed by atoms with Crippen molar-refractivity contribution < 1.29 is 22.0 Å². The molecule has 5 aromatic rings. The minimum atomic E-state index is -3.85. The molecule has 5 rings (SSSR count). The van der Waals surface area contributed by atoms with Crippen LogP contribution in [0, 0.1) is 5.82 Å². The van der Waals surface area contributed by atoms with Crippen molar-refractivity contribution in [3.63, 3.8) is 0 Å². The number of thiazole rings is 1. The van der Waals surface area contributed by atoms with Gasteiger partial charge in [0.15, 0.2) is 0 Å². The van der Waals surface area contributed by atoms with E-state index in [1.807, 2.05) is 44.2 Å². The third kappa shape index (κ3) is 5.86. The van der Waals surface area contributed by atoms with Gasteiger partial charge < -0.3 is 4.42 Å². The molecule has 0 fully saturated rings. The van der Waals surface area contributed by atoms with Crippen molar-refractivity contribution in [2.45, 2.75) is 31.3 Å². The van der Waals surface area contributed by atoms with E-state index >= 15 is 0 Å². The van der Waals surface area contributed by atoms with Gasteiger partial charge in [-0.05, 0) is 74.0 Å². The number of furan rings is 1. The van der Waals surface area contributed by atoms with Gasteiger partial charge in [-0.15, -0.1) is 0 Å². The lowest BCUT2D eigenvalue weighted by Gasteiger charge is -2.26. The summed E-state index contributed by atoms with van der Waals surface area (Å²) in [6.07, 6.45) is 2.85. The normalized spacial score (nSPS) is 12.1. The van der Waals surface area contributed by atoms with Gasteiger partial charge in [-0.3, -0.25) is 4.79 Å². The number of aromatic nitrogens is 1. The largest absolute Gasteiger partial charge is 0.463 e. The van der Waals surface area contributed by atoms with Crippen molar-refractivity contribution in [3.8, 4) is 0 Å². The van der Waals surface area contributed by atoms with E-state index in [2.05, 4.69) is 10.1 Å². The van der Waals surface area contributed by atoms with E-state index in [1.165, 1.54) is 59.2 Å². The standard InChI is InChI=1S/C29H25FN4O4S2/c1-20(2)33(19-21-7-4-3-5-8-21)40(36,37)25-13-10-22(11-14-25)28(35)34(31-18-24-9-6-16-38-24)29-32-26-15-12-23(30)17-27(26)39-29/h3-18,20H,19H2,1-2H3/b31-18+. The van der Waals surface area contributed by atoms with Gasteiger partial charge in [0.25, 0.3) is 5.91 Å². The monoisotopic (exact) mass is 576 g/mol. The van der Waals surface area contributed by atoms with Crippen molar-refractivity contribution >= 4 is 48.8 Å². The van der Waals surface area contributed by atoms with Gasteiger partial charge >= 0.3 is 0 Å². The predicted molar refractivity (Wildman–Crippen MR) is 153 cm³/mol. The fraction of sp³-hybridized carbons (Fsp3) is 0.138. The number of rotatable bonds is 9. The Morgan fingerprint density at radius 2 is 1.80 bits per heavy atom. The molecule has 0 aliphatic rings. The van der Waals surface area contributed by atoms with E-state index in [0.29, 0.717) is 16.0 Å². The molecule has 0 spiro atoms. The molecule has 0 aliphatic heterocycles. The molecule has 0 radical (unpaired) electrons. The quantitative estimate of drug-likeness (QED) is 0.151. The second-order valence-electron chi connectivity index (χ2n) is 9.14. The first-order valence-electron chi connectivity index (χ1n) is 12.4. The first kappa shape index (κ1) is 27.4. The summed E-state index contributed by atoms with van der Waals surface area (Å²) in [6.45, 7) is 3.85. The molecule has 40 heavy (non-hydrogen) atoms. The molecule has 0 bridgehead atoms. The zero-order valence-corrected chi connectivity index (χ0v) is 23.3. The van der Waals surface area contributed by atoms with Gasteiger partial charge in [0.2, 0.25) is 15.2 Å². The van der Waals surface area contributed by atoms with Crippen molar-refractivity contribution in [3.05, 3.63) is 114 Å². The van der Waals surface area contributed by atoms with E-state index in [-0.39, 0.29) is 28.2 Å². The Hall–Kier alpha value is -4.19. The maximum absolute atomic E-state index is 13.8. The number of amides is 1. The van der Waals surface area contributed by atoms with Crippen LogP contribution in [0.3, 0.4) is 0 Å². The lowest BCUT2D eigenvalue weighted by molar-refractivity contribution is 0.0987. The highest BCUT2D eigenvalue weighted by molar-refractivity contribution is 7.89. The number of carbonyl (C=O) groups excluding carboxylic acids is 1. The Morgan fingerprint density at radius 3 is 2.48 bits per heavy atom. The Morgan fingerprint density at radius 1 is 1.05 bits per heavy atom. The van der Waals surface area contributed by atoms with Crippen LogP contribution in [-0.4, -0.2) is 35.9 Å².